The number of hydrogen-bond donors (Lipinski definition) is 1. The Labute approximate surface area is 96.0 Å². The molecular weight excluding hydrogens is 224 g/mol. The fourth-order valence-electron chi connectivity index (χ4n) is 1.82. The SMILES string of the molecule is NC1CN(c2nc3ccc([N+](=O)[O-])cc3o2)C1. The standard InChI is InChI=1S/C10H10N4O3/c11-6-4-13(5-6)10-12-8-2-1-7(14(15)16)3-9(8)17-10/h1-3,6H,4-5,11H2. The molecule has 0 bridgehead atoms. The monoisotopic (exact) mass is 234 g/mol. The lowest BCUT2D eigenvalue weighted by Crippen LogP contribution is -2.56. The van der Waals surface area contributed by atoms with Gasteiger partial charge >= 0.3 is 0 Å². The predicted molar refractivity (Wildman–Crippen MR) is 60.9 cm³/mol. The second kappa shape index (κ2) is 3.42. The Hall–Kier alpha value is -2.15. The average Bonchev–Trinajstić information content (AvgIpc) is 2.66. The van der Waals surface area contributed by atoms with Gasteiger partial charge in [0.05, 0.1) is 11.0 Å². The molecule has 0 saturated carbocycles. The van der Waals surface area contributed by atoms with Crippen LogP contribution in [0, 0.1) is 10.1 Å². The number of non-ortho nitro benzene ring substituents is 1. The molecule has 0 radical (unpaired) electrons. The summed E-state index contributed by atoms with van der Waals surface area (Å²) >= 11 is 0. The molecule has 1 aromatic heterocycles. The second-order valence-corrected chi connectivity index (χ2v) is 4.07. The van der Waals surface area contributed by atoms with Crippen molar-refractivity contribution in [1.29, 1.82) is 0 Å². The molecule has 0 unspecified atom stereocenters. The Morgan fingerprint density at radius 3 is 2.94 bits per heavy atom. The first-order valence-electron chi connectivity index (χ1n) is 5.19. The number of nitro benzene ring substituents is 1. The molecule has 1 aliphatic rings. The minimum Gasteiger partial charge on any atom is -0.423 e. The smallest absolute Gasteiger partial charge is 0.298 e. The van der Waals surface area contributed by atoms with Gasteiger partial charge in [-0.3, -0.25) is 10.1 Å². The Bertz CT molecular complexity index is 588. The second-order valence-electron chi connectivity index (χ2n) is 4.07. The van der Waals surface area contributed by atoms with Crippen molar-refractivity contribution in [1.82, 2.24) is 4.98 Å². The van der Waals surface area contributed by atoms with Crippen LogP contribution in [-0.2, 0) is 0 Å². The first kappa shape index (κ1) is 10.0. The van der Waals surface area contributed by atoms with E-state index in [4.69, 9.17) is 10.2 Å². The van der Waals surface area contributed by atoms with Crippen LogP contribution in [-0.4, -0.2) is 29.0 Å². The summed E-state index contributed by atoms with van der Waals surface area (Å²) in [6.45, 7) is 1.41. The minimum atomic E-state index is -0.457. The zero-order valence-electron chi connectivity index (χ0n) is 8.87. The highest BCUT2D eigenvalue weighted by Crippen LogP contribution is 2.27. The normalized spacial score (nSPS) is 16.2. The van der Waals surface area contributed by atoms with Gasteiger partial charge in [-0.2, -0.15) is 4.98 Å². The summed E-state index contributed by atoms with van der Waals surface area (Å²) in [6.07, 6.45) is 0. The van der Waals surface area contributed by atoms with Crippen LogP contribution in [0.15, 0.2) is 22.6 Å². The Morgan fingerprint density at radius 2 is 2.29 bits per heavy atom. The highest BCUT2D eigenvalue weighted by molar-refractivity contribution is 5.77. The third-order valence-corrected chi connectivity index (χ3v) is 2.75. The van der Waals surface area contributed by atoms with Crippen molar-refractivity contribution in [3.63, 3.8) is 0 Å². The van der Waals surface area contributed by atoms with Crippen molar-refractivity contribution < 1.29 is 9.34 Å². The molecule has 3 rings (SSSR count). The molecule has 0 spiro atoms. The van der Waals surface area contributed by atoms with Gasteiger partial charge < -0.3 is 15.1 Å². The van der Waals surface area contributed by atoms with E-state index in [0.717, 1.165) is 0 Å². The number of benzene rings is 1. The molecule has 0 aliphatic carbocycles. The van der Waals surface area contributed by atoms with Gasteiger partial charge in [0.1, 0.15) is 5.52 Å². The number of nitrogens with two attached hydrogens (primary N) is 1. The van der Waals surface area contributed by atoms with Crippen LogP contribution in [0.1, 0.15) is 0 Å². The van der Waals surface area contributed by atoms with E-state index < -0.39 is 4.92 Å². The first-order chi connectivity index (χ1) is 8.13. The fraction of sp³-hybridized carbons (Fsp3) is 0.300. The molecular formula is C10H10N4O3. The molecule has 1 aliphatic heterocycles. The number of nitro groups is 1. The number of nitrogens with zero attached hydrogens (tertiary/aromatic N) is 3. The first-order valence-corrected chi connectivity index (χ1v) is 5.19. The Balaban J connectivity index is 1.98. The highest BCUT2D eigenvalue weighted by Gasteiger charge is 2.27. The van der Waals surface area contributed by atoms with E-state index in [2.05, 4.69) is 4.98 Å². The van der Waals surface area contributed by atoms with Crippen molar-refractivity contribution in [2.24, 2.45) is 5.73 Å². The summed E-state index contributed by atoms with van der Waals surface area (Å²) in [5, 5.41) is 10.6. The summed E-state index contributed by atoms with van der Waals surface area (Å²) in [4.78, 5) is 16.3. The lowest BCUT2D eigenvalue weighted by Gasteiger charge is -2.35. The van der Waals surface area contributed by atoms with Crippen LogP contribution in [0.2, 0.25) is 0 Å². The number of hydrogen-bond acceptors (Lipinski definition) is 6. The molecule has 0 amide bonds. The average molecular weight is 234 g/mol. The molecule has 7 heteroatoms. The fourth-order valence-corrected chi connectivity index (χ4v) is 1.82. The third-order valence-electron chi connectivity index (χ3n) is 2.75. The van der Waals surface area contributed by atoms with Crippen molar-refractivity contribution in [2.45, 2.75) is 6.04 Å². The lowest BCUT2D eigenvalue weighted by molar-refractivity contribution is -0.384. The van der Waals surface area contributed by atoms with E-state index in [0.29, 0.717) is 30.2 Å². The van der Waals surface area contributed by atoms with Crippen molar-refractivity contribution in [2.75, 3.05) is 18.0 Å². The van der Waals surface area contributed by atoms with Crippen LogP contribution >= 0.6 is 0 Å². The highest BCUT2D eigenvalue weighted by atomic mass is 16.6. The van der Waals surface area contributed by atoms with Crippen LogP contribution < -0.4 is 10.6 Å². The van der Waals surface area contributed by atoms with Gasteiger partial charge in [0.2, 0.25) is 0 Å². The largest absolute Gasteiger partial charge is 0.423 e. The summed E-state index contributed by atoms with van der Waals surface area (Å²) in [5.74, 6) is 0. The van der Waals surface area contributed by atoms with Crippen molar-refractivity contribution in [3.05, 3.63) is 28.3 Å². The van der Waals surface area contributed by atoms with Crippen LogP contribution in [0.4, 0.5) is 11.7 Å². The Kier molecular flexibility index (Phi) is 2.02. The van der Waals surface area contributed by atoms with Gasteiger partial charge in [0.15, 0.2) is 5.58 Å². The van der Waals surface area contributed by atoms with E-state index in [-0.39, 0.29) is 11.7 Å². The van der Waals surface area contributed by atoms with Gasteiger partial charge in [0, 0.05) is 25.2 Å². The molecule has 1 aromatic carbocycles. The van der Waals surface area contributed by atoms with Crippen LogP contribution in [0.5, 0.6) is 0 Å². The maximum absolute atomic E-state index is 10.6. The Morgan fingerprint density at radius 1 is 1.53 bits per heavy atom. The van der Waals surface area contributed by atoms with E-state index >= 15 is 0 Å². The summed E-state index contributed by atoms with van der Waals surface area (Å²) in [5.41, 5.74) is 6.71. The van der Waals surface area contributed by atoms with E-state index in [1.807, 2.05) is 4.90 Å². The van der Waals surface area contributed by atoms with Crippen molar-refractivity contribution >= 4 is 22.8 Å². The molecule has 2 heterocycles. The van der Waals surface area contributed by atoms with Gasteiger partial charge in [-0.15, -0.1) is 0 Å². The van der Waals surface area contributed by atoms with Gasteiger partial charge in [-0.1, -0.05) is 0 Å². The number of aromatic nitrogens is 1. The number of fused-ring (bicyclic) bond motifs is 1. The van der Waals surface area contributed by atoms with Crippen LogP contribution in [0.3, 0.4) is 0 Å². The molecule has 2 N–H and O–H groups in total. The van der Waals surface area contributed by atoms with E-state index in [1.165, 1.54) is 12.1 Å². The lowest BCUT2D eigenvalue weighted by atomic mass is 10.1. The van der Waals surface area contributed by atoms with Crippen LogP contribution in [0.25, 0.3) is 11.1 Å². The summed E-state index contributed by atoms with van der Waals surface area (Å²) < 4.78 is 5.47. The third kappa shape index (κ3) is 1.60. The molecule has 17 heavy (non-hydrogen) atoms. The maximum Gasteiger partial charge on any atom is 0.298 e. The molecule has 88 valence electrons. The molecule has 1 saturated heterocycles. The maximum atomic E-state index is 10.6. The van der Waals surface area contributed by atoms with Gasteiger partial charge in [0.25, 0.3) is 11.7 Å². The van der Waals surface area contributed by atoms with E-state index in [9.17, 15) is 10.1 Å². The molecule has 1 fully saturated rings. The summed E-state index contributed by atoms with van der Waals surface area (Å²) in [6, 6.07) is 5.00. The van der Waals surface area contributed by atoms with Gasteiger partial charge in [-0.25, -0.2) is 0 Å². The molecule has 2 aromatic rings. The van der Waals surface area contributed by atoms with E-state index in [1.54, 1.807) is 6.07 Å². The number of anilines is 1. The molecule has 0 atom stereocenters. The topological polar surface area (TPSA) is 98.4 Å². The molecule has 7 nitrogen and oxygen atoms in total. The predicted octanol–water partition coefficient (Wildman–Crippen LogP) is 0.883. The summed E-state index contributed by atoms with van der Waals surface area (Å²) in [7, 11) is 0. The van der Waals surface area contributed by atoms with Crippen molar-refractivity contribution in [3.8, 4) is 0 Å². The quantitative estimate of drug-likeness (QED) is 0.611. The number of rotatable bonds is 2. The minimum absolute atomic E-state index is 0.000473. The zero-order chi connectivity index (χ0) is 12.0. The number of oxazole rings is 1. The zero-order valence-corrected chi connectivity index (χ0v) is 8.87. The van der Waals surface area contributed by atoms with Gasteiger partial charge in [-0.05, 0) is 6.07 Å².